The van der Waals surface area contributed by atoms with Crippen LogP contribution in [0.5, 0.6) is 0 Å². The Kier molecular flexibility index (Phi) is 2.87. The average molecular weight is 313 g/mol. The molecule has 2 saturated heterocycles. The Morgan fingerprint density at radius 3 is 2.59 bits per heavy atom. The Morgan fingerprint density at radius 1 is 1.36 bits per heavy atom. The van der Waals surface area contributed by atoms with Gasteiger partial charge in [-0.2, -0.15) is 0 Å². The molecule has 0 radical (unpaired) electrons. The third kappa shape index (κ3) is 1.75. The number of amides is 3. The van der Waals surface area contributed by atoms with Gasteiger partial charge in [-0.3, -0.25) is 14.6 Å². The van der Waals surface area contributed by atoms with E-state index in [4.69, 9.17) is 15.6 Å². The summed E-state index contributed by atoms with van der Waals surface area (Å²) in [6.45, 7) is -0.637. The molecule has 2 fully saturated rings. The molecule has 11 nitrogen and oxygen atoms in total. The molecule has 3 aliphatic rings. The molecule has 4 N–H and O–H groups in total. The first kappa shape index (κ1) is 14.0. The van der Waals surface area contributed by atoms with Gasteiger partial charge in [0.15, 0.2) is 18.1 Å². The first-order valence-corrected chi connectivity index (χ1v) is 6.21. The van der Waals surface area contributed by atoms with E-state index < -0.39 is 54.6 Å². The number of ether oxygens (including phenoxy) is 2. The quantitative estimate of drug-likeness (QED) is 0.522. The summed E-state index contributed by atoms with van der Waals surface area (Å²) in [5.41, 5.74) is 4.36. The fraction of sp³-hybridized carbons (Fsp3) is 0.455. The third-order valence-corrected chi connectivity index (χ3v) is 3.80. The number of rotatable bonds is 3. The van der Waals surface area contributed by atoms with Crippen molar-refractivity contribution in [2.24, 2.45) is 5.73 Å². The van der Waals surface area contributed by atoms with Crippen LogP contribution in [0, 0.1) is 0 Å². The van der Waals surface area contributed by atoms with Crippen LogP contribution in [0.4, 0.5) is 9.59 Å². The lowest BCUT2D eigenvalue weighted by Gasteiger charge is -2.48. The van der Waals surface area contributed by atoms with Crippen molar-refractivity contribution in [1.82, 2.24) is 9.80 Å². The van der Waals surface area contributed by atoms with Crippen molar-refractivity contribution in [1.29, 1.82) is 0 Å². The van der Waals surface area contributed by atoms with E-state index in [1.54, 1.807) is 0 Å². The molecule has 3 aliphatic heterocycles. The highest BCUT2D eigenvalue weighted by Gasteiger charge is 2.65. The van der Waals surface area contributed by atoms with Gasteiger partial charge in [-0.05, 0) is 0 Å². The fourth-order valence-electron chi connectivity index (χ4n) is 2.99. The van der Waals surface area contributed by atoms with Gasteiger partial charge in [-0.1, -0.05) is 0 Å². The number of nitrogens with two attached hydrogens (primary N) is 1. The maximum absolute atomic E-state index is 12.1. The summed E-state index contributed by atoms with van der Waals surface area (Å²) in [6, 6.07) is -1.64. The van der Waals surface area contributed by atoms with Gasteiger partial charge < -0.3 is 25.4 Å². The number of aliphatic carboxylic acids is 1. The zero-order valence-corrected chi connectivity index (χ0v) is 11.0. The lowest BCUT2D eigenvalue weighted by molar-refractivity contribution is -0.161. The summed E-state index contributed by atoms with van der Waals surface area (Å²) in [7, 11) is 0. The Hall–Kier alpha value is -2.98. The van der Waals surface area contributed by atoms with Crippen LogP contribution in [0.1, 0.15) is 0 Å². The monoisotopic (exact) mass is 313 g/mol. The molecule has 0 unspecified atom stereocenters. The normalized spacial score (nSPS) is 28.7. The van der Waals surface area contributed by atoms with Crippen molar-refractivity contribution in [2.45, 2.75) is 18.2 Å². The summed E-state index contributed by atoms with van der Waals surface area (Å²) >= 11 is 0. The van der Waals surface area contributed by atoms with Crippen LogP contribution in [0.2, 0.25) is 0 Å². The highest BCUT2D eigenvalue weighted by atomic mass is 16.6. The van der Waals surface area contributed by atoms with E-state index in [0.29, 0.717) is 0 Å². The van der Waals surface area contributed by atoms with Crippen LogP contribution in [0.25, 0.3) is 0 Å². The van der Waals surface area contributed by atoms with Gasteiger partial charge in [-0.15, -0.1) is 0 Å². The molecule has 3 amide bonds. The Labute approximate surface area is 122 Å². The molecule has 3 rings (SSSR count). The van der Waals surface area contributed by atoms with Crippen molar-refractivity contribution in [3.63, 3.8) is 0 Å². The van der Waals surface area contributed by atoms with E-state index >= 15 is 0 Å². The second-order valence-electron chi connectivity index (χ2n) is 4.92. The molecule has 0 bridgehead atoms. The van der Waals surface area contributed by atoms with Crippen LogP contribution in [0.3, 0.4) is 0 Å². The van der Waals surface area contributed by atoms with Crippen molar-refractivity contribution in [3.05, 3.63) is 11.5 Å². The minimum atomic E-state index is -1.44. The number of primary amides is 1. The van der Waals surface area contributed by atoms with Crippen LogP contribution < -0.4 is 5.73 Å². The van der Waals surface area contributed by atoms with Gasteiger partial charge in [0.2, 0.25) is 0 Å². The molecular weight excluding hydrogens is 302 g/mol. The first-order valence-electron chi connectivity index (χ1n) is 6.21. The second-order valence-corrected chi connectivity index (χ2v) is 4.92. The van der Waals surface area contributed by atoms with E-state index in [9.17, 15) is 24.3 Å². The number of hydrogen-bond acceptors (Lipinski definition) is 6. The number of hydrogen-bond donors (Lipinski definition) is 3. The van der Waals surface area contributed by atoms with Gasteiger partial charge in [-0.25, -0.2) is 14.4 Å². The predicted molar refractivity (Wildman–Crippen MR) is 64.2 cm³/mol. The van der Waals surface area contributed by atoms with E-state index in [1.165, 1.54) is 0 Å². The van der Waals surface area contributed by atoms with Gasteiger partial charge >= 0.3 is 18.2 Å². The molecule has 0 spiro atoms. The molecule has 0 aromatic carbocycles. The average Bonchev–Trinajstić information content (AvgIpc) is 2.79. The number of carboxylic acids is 1. The number of nitrogens with zero attached hydrogens (tertiary/aromatic N) is 2. The van der Waals surface area contributed by atoms with Crippen molar-refractivity contribution in [2.75, 3.05) is 13.2 Å². The molecule has 3 heterocycles. The molecule has 3 atom stereocenters. The third-order valence-electron chi connectivity index (χ3n) is 3.80. The molecule has 0 aromatic heterocycles. The molecule has 0 aromatic rings. The largest absolute Gasteiger partial charge is 0.485 e. The molecule has 118 valence electrons. The van der Waals surface area contributed by atoms with Gasteiger partial charge in [0.1, 0.15) is 18.2 Å². The Morgan fingerprint density at radius 2 is 2.05 bits per heavy atom. The maximum atomic E-state index is 12.1. The van der Waals surface area contributed by atoms with Gasteiger partial charge in [0, 0.05) is 0 Å². The highest BCUT2D eigenvalue weighted by molar-refractivity contribution is 6.01. The van der Waals surface area contributed by atoms with Crippen molar-refractivity contribution >= 4 is 24.1 Å². The minimum absolute atomic E-state index is 0.0835. The van der Waals surface area contributed by atoms with Crippen LogP contribution in [0.15, 0.2) is 11.5 Å². The lowest BCUT2D eigenvalue weighted by Crippen LogP contribution is -2.70. The smallest absolute Gasteiger partial charge is 0.408 e. The Balaban J connectivity index is 1.94. The highest BCUT2D eigenvalue weighted by Crippen LogP contribution is 2.43. The van der Waals surface area contributed by atoms with E-state index in [-0.39, 0.29) is 12.3 Å². The van der Waals surface area contributed by atoms with Crippen LogP contribution in [-0.2, 0) is 19.1 Å². The number of carbonyl (C=O) groups is 4. The molecule has 11 heteroatoms. The first-order chi connectivity index (χ1) is 10.3. The standard InChI is InChI=1S/C11H11N3O8/c12-10(18)21-2-4-6(9(16)17)14-5-3(22-4)1-13(11(19)20)7(5)8(14)15/h3,5,7H,1-2H2,(H2,12,18)(H,16,17)(H,19,20)/t3-,5-,7+/m1/s1. The SMILES string of the molecule is NC(=O)OCC1=C(C(=O)O)N2C(=O)[C@@H]3[C@H]2[C@@H](CN3C(=O)O)O1. The zero-order valence-electron chi connectivity index (χ0n) is 11.0. The summed E-state index contributed by atoms with van der Waals surface area (Å²) in [6.07, 6.45) is -3.13. The summed E-state index contributed by atoms with van der Waals surface area (Å²) in [4.78, 5) is 47.1. The molecule has 22 heavy (non-hydrogen) atoms. The second kappa shape index (κ2) is 4.51. The van der Waals surface area contributed by atoms with E-state index in [1.807, 2.05) is 0 Å². The number of carbonyl (C=O) groups excluding carboxylic acids is 2. The van der Waals surface area contributed by atoms with Gasteiger partial charge in [0.25, 0.3) is 5.91 Å². The molecule has 0 aliphatic carbocycles. The van der Waals surface area contributed by atoms with E-state index in [2.05, 4.69) is 4.74 Å². The Bertz CT molecular complexity index is 629. The molecule has 0 saturated carbocycles. The van der Waals surface area contributed by atoms with Crippen molar-refractivity contribution < 1.29 is 38.9 Å². The van der Waals surface area contributed by atoms with Crippen LogP contribution in [-0.4, -0.2) is 75.4 Å². The van der Waals surface area contributed by atoms with E-state index in [0.717, 1.165) is 9.80 Å². The lowest BCUT2D eigenvalue weighted by atomic mass is 9.91. The van der Waals surface area contributed by atoms with Gasteiger partial charge in [0.05, 0.1) is 6.54 Å². The summed E-state index contributed by atoms with van der Waals surface area (Å²) < 4.78 is 9.94. The van der Waals surface area contributed by atoms with Crippen LogP contribution >= 0.6 is 0 Å². The summed E-state index contributed by atoms with van der Waals surface area (Å²) in [5, 5.41) is 18.3. The minimum Gasteiger partial charge on any atom is -0.485 e. The van der Waals surface area contributed by atoms with Crippen molar-refractivity contribution in [3.8, 4) is 0 Å². The predicted octanol–water partition coefficient (Wildman–Crippen LogP) is -1.65. The maximum Gasteiger partial charge on any atom is 0.408 e. The summed E-state index contributed by atoms with van der Waals surface area (Å²) in [5.74, 6) is -2.33. The zero-order chi connectivity index (χ0) is 16.2. The fourth-order valence-corrected chi connectivity index (χ4v) is 2.99. The number of likely N-dealkylation sites (tertiary alicyclic amines) is 1. The number of β-lactam (4-membered cyclic amide) rings is 1. The number of carboxylic acid groups (broad SMARTS) is 2. The molecular formula is C11H11N3O8. The topological polar surface area (TPSA) is 160 Å².